The van der Waals surface area contributed by atoms with Crippen LogP contribution in [0.15, 0.2) is 30.3 Å². The number of hydrogen-bond acceptors (Lipinski definition) is 2. The monoisotopic (exact) mass is 179 g/mol. The van der Waals surface area contributed by atoms with E-state index in [2.05, 4.69) is 18.2 Å². The average Bonchev–Trinajstić information content (AvgIpc) is 2.53. The Hall–Kier alpha value is -0.903. The van der Waals surface area contributed by atoms with Gasteiger partial charge in [-0.3, -0.25) is 0 Å². The number of hydrogen-bond donors (Lipinski definition) is 2. The molecule has 0 bridgehead atoms. The molecule has 1 aromatic rings. The smallest absolute Gasteiger partial charge is 0.141 e. The predicted octanol–water partition coefficient (Wildman–Crippen LogP) is -0.0277. The highest BCUT2D eigenvalue weighted by atomic mass is 28.2. The van der Waals surface area contributed by atoms with Crippen LogP contribution in [0.3, 0.4) is 0 Å². The van der Waals surface area contributed by atoms with Gasteiger partial charge in [0.2, 0.25) is 0 Å². The Balaban J connectivity index is 0.000000336. The highest BCUT2D eigenvalue weighted by Crippen LogP contribution is 2.24. The molecule has 0 aromatic heterocycles. The third-order valence-corrected chi connectivity index (χ3v) is 1.84. The summed E-state index contributed by atoms with van der Waals surface area (Å²) in [5.41, 5.74) is 8.26. The summed E-state index contributed by atoms with van der Waals surface area (Å²) in [6.45, 7) is 0. The van der Waals surface area contributed by atoms with Crippen LogP contribution in [-0.2, 0) is 0 Å². The molecule has 0 amide bonds. The van der Waals surface area contributed by atoms with Crippen LogP contribution in [0.4, 0.5) is 0 Å². The first-order valence-electron chi connectivity index (χ1n) is 3.85. The minimum atomic E-state index is 0.121. The van der Waals surface area contributed by atoms with Gasteiger partial charge in [-0.15, -0.1) is 0 Å². The maximum Gasteiger partial charge on any atom is 0.141 e. The minimum Gasteiger partial charge on any atom is -0.442 e. The van der Waals surface area contributed by atoms with Gasteiger partial charge >= 0.3 is 0 Å². The quantitative estimate of drug-likeness (QED) is 0.550. The lowest BCUT2D eigenvalue weighted by Gasteiger charge is -2.01. The van der Waals surface area contributed by atoms with Crippen LogP contribution >= 0.6 is 0 Å². The Bertz CT molecular complexity index is 286. The standard InChI is InChI=1S/C9H9N.H4OSi/c10-9-6-5-7-3-1-2-4-8(7)9;1-2/h1-6,9H,10H2;1H,2H3. The SMILES string of the molecule is NC1C=Cc2ccccc21.O[SiH3]. The fourth-order valence-corrected chi connectivity index (χ4v) is 1.28. The van der Waals surface area contributed by atoms with Crippen molar-refractivity contribution in [2.75, 3.05) is 0 Å². The van der Waals surface area contributed by atoms with E-state index in [-0.39, 0.29) is 6.04 Å². The van der Waals surface area contributed by atoms with Gasteiger partial charge in [-0.1, -0.05) is 36.4 Å². The molecule has 0 saturated carbocycles. The topological polar surface area (TPSA) is 46.2 Å². The van der Waals surface area contributed by atoms with Crippen molar-refractivity contribution in [3.05, 3.63) is 41.5 Å². The van der Waals surface area contributed by atoms with E-state index in [0.29, 0.717) is 10.5 Å². The van der Waals surface area contributed by atoms with Crippen molar-refractivity contribution >= 4 is 16.6 Å². The van der Waals surface area contributed by atoms with Gasteiger partial charge in [-0.2, -0.15) is 0 Å². The molecule has 2 rings (SSSR count). The first-order valence-corrected chi connectivity index (χ1v) is 4.75. The van der Waals surface area contributed by atoms with Crippen molar-refractivity contribution in [2.45, 2.75) is 6.04 Å². The van der Waals surface area contributed by atoms with E-state index in [9.17, 15) is 0 Å². The third kappa shape index (κ3) is 1.64. The molecular weight excluding hydrogens is 166 g/mol. The van der Waals surface area contributed by atoms with Gasteiger partial charge in [-0.25, -0.2) is 0 Å². The van der Waals surface area contributed by atoms with Crippen LogP contribution in [0, 0.1) is 0 Å². The molecule has 0 radical (unpaired) electrons. The second-order valence-corrected chi connectivity index (χ2v) is 2.51. The summed E-state index contributed by atoms with van der Waals surface area (Å²) in [7, 11) is 0.306. The zero-order valence-corrected chi connectivity index (χ0v) is 9.07. The van der Waals surface area contributed by atoms with Crippen LogP contribution in [-0.4, -0.2) is 15.3 Å². The van der Waals surface area contributed by atoms with E-state index in [4.69, 9.17) is 10.5 Å². The Morgan fingerprint density at radius 3 is 2.58 bits per heavy atom. The molecule has 3 heteroatoms. The van der Waals surface area contributed by atoms with Crippen molar-refractivity contribution in [3.8, 4) is 0 Å². The molecule has 0 aliphatic heterocycles. The van der Waals surface area contributed by atoms with Crippen LogP contribution in [0.2, 0.25) is 0 Å². The van der Waals surface area contributed by atoms with E-state index in [1.807, 2.05) is 18.2 Å². The Morgan fingerprint density at radius 1 is 1.25 bits per heavy atom. The second kappa shape index (κ2) is 4.20. The molecule has 1 aliphatic rings. The first-order chi connectivity index (χ1) is 5.88. The van der Waals surface area contributed by atoms with Gasteiger partial charge in [0.05, 0.1) is 0 Å². The van der Waals surface area contributed by atoms with Gasteiger partial charge < -0.3 is 10.5 Å². The number of fused-ring (bicyclic) bond motifs is 1. The van der Waals surface area contributed by atoms with E-state index in [1.165, 1.54) is 11.1 Å². The van der Waals surface area contributed by atoms with E-state index < -0.39 is 0 Å². The fraction of sp³-hybridized carbons (Fsp3) is 0.111. The first kappa shape index (κ1) is 9.19. The molecule has 0 saturated heterocycles. The van der Waals surface area contributed by atoms with E-state index in [0.717, 1.165) is 0 Å². The van der Waals surface area contributed by atoms with Crippen molar-refractivity contribution in [1.29, 1.82) is 0 Å². The molecule has 1 atom stereocenters. The average molecular weight is 179 g/mol. The zero-order chi connectivity index (χ0) is 8.97. The summed E-state index contributed by atoms with van der Waals surface area (Å²) < 4.78 is 0. The lowest BCUT2D eigenvalue weighted by Crippen LogP contribution is -2.03. The number of rotatable bonds is 0. The second-order valence-electron chi connectivity index (χ2n) is 2.51. The normalized spacial score (nSPS) is 18.3. The van der Waals surface area contributed by atoms with Gasteiger partial charge in [0, 0.05) is 6.04 Å². The number of benzene rings is 1. The predicted molar refractivity (Wildman–Crippen MR) is 54.6 cm³/mol. The van der Waals surface area contributed by atoms with Gasteiger partial charge in [0.25, 0.3) is 0 Å². The van der Waals surface area contributed by atoms with Crippen LogP contribution in [0.1, 0.15) is 17.2 Å². The molecule has 0 spiro atoms. The lowest BCUT2D eigenvalue weighted by molar-refractivity contribution is 0.629. The van der Waals surface area contributed by atoms with Crippen molar-refractivity contribution in [3.63, 3.8) is 0 Å². The fourth-order valence-electron chi connectivity index (χ4n) is 1.28. The van der Waals surface area contributed by atoms with Crippen LogP contribution in [0.5, 0.6) is 0 Å². The minimum absolute atomic E-state index is 0.121. The summed E-state index contributed by atoms with van der Waals surface area (Å²) >= 11 is 0. The summed E-state index contributed by atoms with van der Waals surface area (Å²) in [6, 6.07) is 8.32. The molecule has 0 fully saturated rings. The summed E-state index contributed by atoms with van der Waals surface area (Å²) in [5.74, 6) is 0. The molecule has 1 aliphatic carbocycles. The zero-order valence-electron chi connectivity index (χ0n) is 7.07. The molecule has 0 heterocycles. The molecule has 3 N–H and O–H groups in total. The molecule has 1 unspecified atom stereocenters. The van der Waals surface area contributed by atoms with Crippen molar-refractivity contribution < 1.29 is 4.80 Å². The molecular formula is C9H13NOSi. The third-order valence-electron chi connectivity index (χ3n) is 1.84. The highest BCUT2D eigenvalue weighted by Gasteiger charge is 2.10. The van der Waals surface area contributed by atoms with Crippen LogP contribution in [0.25, 0.3) is 6.08 Å². The number of nitrogens with two attached hydrogens (primary N) is 1. The Labute approximate surface area is 75.3 Å². The summed E-state index contributed by atoms with van der Waals surface area (Å²) in [6.07, 6.45) is 4.09. The molecule has 64 valence electrons. The highest BCUT2D eigenvalue weighted by molar-refractivity contribution is 5.95. The van der Waals surface area contributed by atoms with E-state index >= 15 is 0 Å². The summed E-state index contributed by atoms with van der Waals surface area (Å²) in [4.78, 5) is 7.14. The van der Waals surface area contributed by atoms with Crippen LogP contribution < -0.4 is 5.73 Å². The van der Waals surface area contributed by atoms with Crippen molar-refractivity contribution in [2.24, 2.45) is 5.73 Å². The molecule has 12 heavy (non-hydrogen) atoms. The van der Waals surface area contributed by atoms with Gasteiger partial charge in [0.1, 0.15) is 10.5 Å². The van der Waals surface area contributed by atoms with Gasteiger partial charge in [-0.05, 0) is 11.1 Å². The molecule has 1 aromatic carbocycles. The lowest BCUT2D eigenvalue weighted by atomic mass is 10.1. The largest absolute Gasteiger partial charge is 0.442 e. The maximum atomic E-state index is 7.14. The maximum absolute atomic E-state index is 7.14. The van der Waals surface area contributed by atoms with E-state index in [1.54, 1.807) is 0 Å². The summed E-state index contributed by atoms with van der Waals surface area (Å²) in [5, 5.41) is 0. The molecule has 2 nitrogen and oxygen atoms in total. The Morgan fingerprint density at radius 2 is 1.92 bits per heavy atom. The van der Waals surface area contributed by atoms with Gasteiger partial charge in [0.15, 0.2) is 0 Å². The Kier molecular flexibility index (Phi) is 3.22. The van der Waals surface area contributed by atoms with Crippen molar-refractivity contribution in [1.82, 2.24) is 0 Å².